The molecule has 1 amide bonds. The summed E-state index contributed by atoms with van der Waals surface area (Å²) in [7, 11) is 0. The van der Waals surface area contributed by atoms with E-state index in [1.165, 1.54) is 32.1 Å². The number of hydrogen-bond acceptors (Lipinski definition) is 3. The first-order valence-corrected chi connectivity index (χ1v) is 8.93. The van der Waals surface area contributed by atoms with E-state index in [0.29, 0.717) is 0 Å². The van der Waals surface area contributed by atoms with Gasteiger partial charge in [-0.1, -0.05) is 19.3 Å². The third-order valence-electron chi connectivity index (χ3n) is 5.14. The van der Waals surface area contributed by atoms with Gasteiger partial charge in [0.15, 0.2) is 0 Å². The fraction of sp³-hybridized carbons (Fsp3) is 0.667. The lowest BCUT2D eigenvalue weighted by Crippen LogP contribution is -2.49. The quantitative estimate of drug-likeness (QED) is 0.894. The Labute approximate surface area is 137 Å². The van der Waals surface area contributed by atoms with Crippen LogP contribution in [0.3, 0.4) is 0 Å². The molecule has 2 fully saturated rings. The predicted octanol–water partition coefficient (Wildman–Crippen LogP) is 2.15. The van der Waals surface area contributed by atoms with Gasteiger partial charge in [-0.2, -0.15) is 0 Å². The molecule has 1 aliphatic carbocycles. The largest absolute Gasteiger partial charge is 0.348 e. The van der Waals surface area contributed by atoms with Gasteiger partial charge in [0, 0.05) is 25.3 Å². The maximum atomic E-state index is 12.3. The lowest BCUT2D eigenvalue weighted by Gasteiger charge is -2.36. The van der Waals surface area contributed by atoms with Gasteiger partial charge < -0.3 is 15.2 Å². The molecule has 1 aromatic heterocycles. The minimum absolute atomic E-state index is 0.152. The van der Waals surface area contributed by atoms with Crippen molar-refractivity contribution in [1.82, 2.24) is 15.2 Å². The summed E-state index contributed by atoms with van der Waals surface area (Å²) >= 11 is 0. The Morgan fingerprint density at radius 3 is 2.83 bits per heavy atom. The van der Waals surface area contributed by atoms with Crippen LogP contribution in [0, 0.1) is 5.92 Å². The van der Waals surface area contributed by atoms with E-state index in [4.69, 9.17) is 0 Å². The zero-order chi connectivity index (χ0) is 16.1. The standard InChI is InChI=1S/C18H27N3O2/c22-17-16(9-4-10-19-17)18(23)20-15-8-5-11-21(13-15)12-14-6-2-1-3-7-14/h4,9-10,14-15H,1-3,5-8,11-13H2,(H,19,22)(H,20,23). The summed E-state index contributed by atoms with van der Waals surface area (Å²) in [6.07, 6.45) is 10.5. The van der Waals surface area contributed by atoms with Crippen molar-refractivity contribution in [2.75, 3.05) is 19.6 Å². The lowest BCUT2D eigenvalue weighted by molar-refractivity contribution is 0.0888. The third kappa shape index (κ3) is 4.44. The van der Waals surface area contributed by atoms with Gasteiger partial charge in [-0.05, 0) is 50.3 Å². The maximum Gasteiger partial charge on any atom is 0.260 e. The van der Waals surface area contributed by atoms with Crippen LogP contribution in [0.5, 0.6) is 0 Å². The van der Waals surface area contributed by atoms with Crippen molar-refractivity contribution in [3.63, 3.8) is 0 Å². The van der Waals surface area contributed by atoms with Crippen molar-refractivity contribution in [3.05, 3.63) is 34.2 Å². The van der Waals surface area contributed by atoms with E-state index >= 15 is 0 Å². The molecule has 1 unspecified atom stereocenters. The van der Waals surface area contributed by atoms with Crippen LogP contribution >= 0.6 is 0 Å². The average Bonchev–Trinajstić information content (AvgIpc) is 2.56. The topological polar surface area (TPSA) is 65.2 Å². The molecular weight excluding hydrogens is 290 g/mol. The Morgan fingerprint density at radius 2 is 2.04 bits per heavy atom. The number of aromatic amines is 1. The molecule has 1 saturated heterocycles. The van der Waals surface area contributed by atoms with Gasteiger partial charge in [0.05, 0.1) is 0 Å². The van der Waals surface area contributed by atoms with Crippen LogP contribution in [0.25, 0.3) is 0 Å². The maximum absolute atomic E-state index is 12.3. The highest BCUT2D eigenvalue weighted by Crippen LogP contribution is 2.25. The highest BCUT2D eigenvalue weighted by Gasteiger charge is 2.25. The molecule has 3 rings (SSSR count). The number of hydrogen-bond donors (Lipinski definition) is 2. The van der Waals surface area contributed by atoms with Crippen molar-refractivity contribution < 1.29 is 4.79 Å². The lowest BCUT2D eigenvalue weighted by atomic mass is 9.88. The molecule has 5 nitrogen and oxygen atoms in total. The summed E-state index contributed by atoms with van der Waals surface area (Å²) in [6.45, 7) is 3.21. The summed E-state index contributed by atoms with van der Waals surface area (Å²) < 4.78 is 0. The zero-order valence-corrected chi connectivity index (χ0v) is 13.7. The number of H-pyrrole nitrogens is 1. The molecule has 1 aliphatic heterocycles. The second kappa shape index (κ2) is 7.77. The molecule has 0 bridgehead atoms. The Kier molecular flexibility index (Phi) is 5.49. The van der Waals surface area contributed by atoms with Crippen LogP contribution in [0.1, 0.15) is 55.3 Å². The monoisotopic (exact) mass is 317 g/mol. The Balaban J connectivity index is 1.53. The van der Waals surface area contributed by atoms with Gasteiger partial charge in [-0.3, -0.25) is 9.59 Å². The predicted molar refractivity (Wildman–Crippen MR) is 90.6 cm³/mol. The number of nitrogens with zero attached hydrogens (tertiary/aromatic N) is 1. The van der Waals surface area contributed by atoms with E-state index in [2.05, 4.69) is 15.2 Å². The van der Waals surface area contributed by atoms with E-state index in [1.54, 1.807) is 18.3 Å². The number of carbonyl (C=O) groups is 1. The molecular formula is C18H27N3O2. The van der Waals surface area contributed by atoms with Crippen LogP contribution < -0.4 is 10.9 Å². The first-order chi connectivity index (χ1) is 11.2. The molecule has 2 N–H and O–H groups in total. The van der Waals surface area contributed by atoms with Gasteiger partial charge in [-0.15, -0.1) is 0 Å². The number of likely N-dealkylation sites (tertiary alicyclic amines) is 1. The van der Waals surface area contributed by atoms with E-state index in [-0.39, 0.29) is 23.1 Å². The van der Waals surface area contributed by atoms with Crippen LogP contribution in [-0.2, 0) is 0 Å². The molecule has 23 heavy (non-hydrogen) atoms. The average molecular weight is 317 g/mol. The summed E-state index contributed by atoms with van der Waals surface area (Å²) in [6, 6.07) is 3.42. The van der Waals surface area contributed by atoms with E-state index in [1.807, 2.05) is 0 Å². The fourth-order valence-electron chi connectivity index (χ4n) is 3.94. The zero-order valence-electron chi connectivity index (χ0n) is 13.7. The molecule has 0 aromatic carbocycles. The Bertz CT molecular complexity index is 578. The van der Waals surface area contributed by atoms with Crippen LogP contribution in [0.15, 0.2) is 23.1 Å². The third-order valence-corrected chi connectivity index (χ3v) is 5.14. The van der Waals surface area contributed by atoms with E-state index in [0.717, 1.165) is 38.4 Å². The minimum atomic E-state index is -0.320. The second-order valence-electron chi connectivity index (χ2n) is 6.99. The highest BCUT2D eigenvalue weighted by atomic mass is 16.2. The van der Waals surface area contributed by atoms with Crippen LogP contribution in [0.2, 0.25) is 0 Å². The molecule has 0 radical (unpaired) electrons. The molecule has 2 aliphatic rings. The van der Waals surface area contributed by atoms with Crippen molar-refractivity contribution in [2.24, 2.45) is 5.92 Å². The summed E-state index contributed by atoms with van der Waals surface area (Å²) in [5.74, 6) is 0.575. The summed E-state index contributed by atoms with van der Waals surface area (Å²) in [5.41, 5.74) is -0.114. The van der Waals surface area contributed by atoms with E-state index < -0.39 is 0 Å². The SMILES string of the molecule is O=C(NC1CCCN(CC2CCCCC2)C1)c1ccc[nH]c1=O. The van der Waals surface area contributed by atoms with Gasteiger partial charge in [0.2, 0.25) is 0 Å². The number of aromatic nitrogens is 1. The molecule has 2 heterocycles. The van der Waals surface area contributed by atoms with E-state index in [9.17, 15) is 9.59 Å². The highest BCUT2D eigenvalue weighted by molar-refractivity contribution is 5.93. The Hall–Kier alpha value is -1.62. The minimum Gasteiger partial charge on any atom is -0.348 e. The smallest absolute Gasteiger partial charge is 0.260 e. The van der Waals surface area contributed by atoms with Crippen LogP contribution in [0.4, 0.5) is 0 Å². The van der Waals surface area contributed by atoms with Crippen molar-refractivity contribution in [1.29, 1.82) is 0 Å². The van der Waals surface area contributed by atoms with Gasteiger partial charge in [0.1, 0.15) is 5.56 Å². The number of pyridine rings is 1. The second-order valence-corrected chi connectivity index (χ2v) is 6.99. The molecule has 0 spiro atoms. The molecule has 5 heteroatoms. The Morgan fingerprint density at radius 1 is 1.22 bits per heavy atom. The summed E-state index contributed by atoms with van der Waals surface area (Å²) in [4.78, 5) is 29.0. The molecule has 1 saturated carbocycles. The van der Waals surface area contributed by atoms with Crippen molar-refractivity contribution >= 4 is 5.91 Å². The molecule has 1 atom stereocenters. The van der Waals surface area contributed by atoms with Gasteiger partial charge in [-0.25, -0.2) is 0 Å². The van der Waals surface area contributed by atoms with Crippen molar-refractivity contribution in [2.45, 2.75) is 51.0 Å². The summed E-state index contributed by atoms with van der Waals surface area (Å²) in [5, 5.41) is 3.04. The fourth-order valence-corrected chi connectivity index (χ4v) is 3.94. The normalized spacial score (nSPS) is 23.6. The molecule has 1 aromatic rings. The van der Waals surface area contributed by atoms with Gasteiger partial charge in [0.25, 0.3) is 11.5 Å². The van der Waals surface area contributed by atoms with Gasteiger partial charge >= 0.3 is 0 Å². The van der Waals surface area contributed by atoms with Crippen LogP contribution in [-0.4, -0.2) is 41.5 Å². The number of piperidine rings is 1. The molecule has 126 valence electrons. The number of nitrogens with one attached hydrogen (secondary N) is 2. The first kappa shape index (κ1) is 16.2. The van der Waals surface area contributed by atoms with Crippen molar-refractivity contribution in [3.8, 4) is 0 Å². The number of amides is 1. The number of carbonyl (C=O) groups excluding carboxylic acids is 1. The first-order valence-electron chi connectivity index (χ1n) is 8.93. The number of rotatable bonds is 4.